The van der Waals surface area contributed by atoms with Gasteiger partial charge in [-0.15, -0.1) is 11.3 Å². The van der Waals surface area contributed by atoms with Gasteiger partial charge in [0.05, 0.1) is 0 Å². The lowest BCUT2D eigenvalue weighted by Gasteiger charge is -2.37. The first kappa shape index (κ1) is 34.1. The Hall–Kier alpha value is -5.44. The summed E-state index contributed by atoms with van der Waals surface area (Å²) in [5.41, 5.74) is 14.5. The van der Waals surface area contributed by atoms with E-state index in [0.29, 0.717) is 0 Å². The van der Waals surface area contributed by atoms with E-state index in [1.54, 1.807) is 0 Å². The first-order valence-corrected chi connectivity index (χ1v) is 21.0. The summed E-state index contributed by atoms with van der Waals surface area (Å²) in [6.07, 6.45) is 8.96. The van der Waals surface area contributed by atoms with Crippen LogP contribution in [0.1, 0.15) is 81.0 Å². The Labute approximate surface area is 329 Å². The zero-order valence-corrected chi connectivity index (χ0v) is 32.7. The fraction of sp³-hybridized carbons (Fsp3) is 0.208. The molecule has 10 rings (SSSR count). The molecule has 55 heavy (non-hydrogen) atoms. The molecule has 1 aromatic heterocycles. The van der Waals surface area contributed by atoms with Gasteiger partial charge in [-0.05, 0) is 99.8 Å². The minimum atomic E-state index is -0.0350. The van der Waals surface area contributed by atoms with Crippen LogP contribution in [0.25, 0.3) is 42.4 Å². The maximum atomic E-state index is 2.49. The summed E-state index contributed by atoms with van der Waals surface area (Å²) in [6.45, 7) is 4.73. The van der Waals surface area contributed by atoms with Crippen LogP contribution in [-0.4, -0.2) is 0 Å². The molecule has 0 radical (unpaired) electrons. The topological polar surface area (TPSA) is 3.24 Å². The van der Waals surface area contributed by atoms with E-state index >= 15 is 0 Å². The van der Waals surface area contributed by atoms with Crippen LogP contribution in [0.4, 0.5) is 17.1 Å². The molecular formula is C53H47NS. The Balaban J connectivity index is 1.13. The van der Waals surface area contributed by atoms with Gasteiger partial charge in [0.2, 0.25) is 0 Å². The molecule has 2 aliphatic rings. The molecule has 0 unspecified atom stereocenters. The smallest absolute Gasteiger partial charge is 0.0476 e. The Kier molecular flexibility index (Phi) is 8.49. The van der Waals surface area contributed by atoms with Crippen molar-refractivity contribution in [2.45, 2.75) is 69.6 Å². The van der Waals surface area contributed by atoms with Crippen molar-refractivity contribution in [2.75, 3.05) is 4.90 Å². The van der Waals surface area contributed by atoms with Crippen LogP contribution >= 0.6 is 11.3 Å². The SMILES string of the molecule is CC1(C)c2ccccc2-c2cc(N(c3ccc(C4(c5ccccc5)CCCCCCC4)cc3)c3ccc4c(c3)sc3cccc(-c5ccccc5)c34)ccc21. The molecule has 1 heterocycles. The van der Waals surface area contributed by atoms with E-state index < -0.39 is 0 Å². The summed E-state index contributed by atoms with van der Waals surface area (Å²) in [5.74, 6) is 0. The minimum absolute atomic E-state index is 0.0350. The average Bonchev–Trinajstić information content (AvgIpc) is 3.70. The van der Waals surface area contributed by atoms with Crippen molar-refractivity contribution in [1.29, 1.82) is 0 Å². The number of anilines is 3. The molecule has 2 aliphatic carbocycles. The van der Waals surface area contributed by atoms with Gasteiger partial charge in [-0.2, -0.15) is 0 Å². The summed E-state index contributed by atoms with van der Waals surface area (Å²) < 4.78 is 2.63. The maximum absolute atomic E-state index is 2.49. The highest BCUT2D eigenvalue weighted by atomic mass is 32.1. The summed E-state index contributed by atoms with van der Waals surface area (Å²) in [6, 6.07) is 61.9. The number of thiophene rings is 1. The quantitative estimate of drug-likeness (QED) is 0.165. The van der Waals surface area contributed by atoms with Gasteiger partial charge in [-0.1, -0.05) is 167 Å². The van der Waals surface area contributed by atoms with E-state index in [2.05, 4.69) is 183 Å². The number of fused-ring (bicyclic) bond motifs is 6. The molecule has 1 fully saturated rings. The van der Waals surface area contributed by atoms with Crippen molar-refractivity contribution in [1.82, 2.24) is 0 Å². The number of hydrogen-bond acceptors (Lipinski definition) is 2. The van der Waals surface area contributed by atoms with Gasteiger partial charge in [0, 0.05) is 48.1 Å². The van der Waals surface area contributed by atoms with Gasteiger partial charge < -0.3 is 4.90 Å². The largest absolute Gasteiger partial charge is 0.310 e. The molecule has 8 aromatic rings. The van der Waals surface area contributed by atoms with E-state index in [4.69, 9.17) is 0 Å². The number of rotatable bonds is 6. The summed E-state index contributed by atoms with van der Waals surface area (Å²) in [4.78, 5) is 2.49. The van der Waals surface area contributed by atoms with Crippen LogP contribution in [0.3, 0.4) is 0 Å². The van der Waals surface area contributed by atoms with E-state index in [0.717, 1.165) is 0 Å². The fourth-order valence-corrected chi connectivity index (χ4v) is 11.2. The second-order valence-corrected chi connectivity index (χ2v) is 17.4. The van der Waals surface area contributed by atoms with Crippen LogP contribution in [0.5, 0.6) is 0 Å². The highest BCUT2D eigenvalue weighted by Gasteiger charge is 2.36. The molecular weight excluding hydrogens is 683 g/mol. The molecule has 0 spiro atoms. The van der Waals surface area contributed by atoms with Crippen molar-refractivity contribution in [3.05, 3.63) is 186 Å². The molecule has 0 atom stereocenters. The Bertz CT molecular complexity index is 2640. The van der Waals surface area contributed by atoms with Crippen LogP contribution in [0.15, 0.2) is 164 Å². The van der Waals surface area contributed by atoms with Gasteiger partial charge in [0.15, 0.2) is 0 Å². The molecule has 1 nitrogen and oxygen atoms in total. The highest BCUT2D eigenvalue weighted by Crippen LogP contribution is 2.52. The third-order valence-corrected chi connectivity index (χ3v) is 14.0. The molecule has 0 bridgehead atoms. The van der Waals surface area contributed by atoms with Crippen molar-refractivity contribution < 1.29 is 0 Å². The normalized spacial score (nSPS) is 16.0. The number of hydrogen-bond donors (Lipinski definition) is 0. The summed E-state index contributed by atoms with van der Waals surface area (Å²) in [7, 11) is 0. The maximum Gasteiger partial charge on any atom is 0.0476 e. The molecule has 2 heteroatoms. The zero-order valence-electron chi connectivity index (χ0n) is 31.9. The van der Waals surface area contributed by atoms with E-state index in [1.165, 1.54) is 127 Å². The van der Waals surface area contributed by atoms with Crippen molar-refractivity contribution in [3.8, 4) is 22.3 Å². The second-order valence-electron chi connectivity index (χ2n) is 16.3. The zero-order chi connectivity index (χ0) is 37.0. The van der Waals surface area contributed by atoms with Gasteiger partial charge in [0.25, 0.3) is 0 Å². The van der Waals surface area contributed by atoms with Gasteiger partial charge in [-0.3, -0.25) is 0 Å². The number of nitrogens with zero attached hydrogens (tertiary/aromatic N) is 1. The lowest BCUT2D eigenvalue weighted by Crippen LogP contribution is -2.29. The van der Waals surface area contributed by atoms with Crippen LogP contribution in [0, 0.1) is 0 Å². The standard InChI is InChI=1S/C53H47NS/c1-52(2)47-23-13-12-21-44(47)46-35-41(30-32-48(46)52)54(40-27-25-39(26-28-40)53(38-19-10-7-11-20-38)33-14-4-3-5-15-34-53)42-29-31-45-50(36-42)55-49-24-16-22-43(51(45)49)37-17-8-6-9-18-37/h6-13,16-32,35-36H,3-5,14-15,33-34H2,1-2H3. The fourth-order valence-electron chi connectivity index (χ4n) is 10.0. The highest BCUT2D eigenvalue weighted by molar-refractivity contribution is 7.26. The monoisotopic (exact) mass is 729 g/mol. The van der Waals surface area contributed by atoms with E-state index in [9.17, 15) is 0 Å². The summed E-state index contributed by atoms with van der Waals surface area (Å²) in [5, 5.41) is 2.66. The number of benzene rings is 7. The first-order chi connectivity index (χ1) is 27.0. The van der Waals surface area contributed by atoms with Crippen molar-refractivity contribution in [2.24, 2.45) is 0 Å². The van der Waals surface area contributed by atoms with Gasteiger partial charge in [-0.25, -0.2) is 0 Å². The Morgan fingerprint density at radius 2 is 1.05 bits per heavy atom. The molecule has 7 aromatic carbocycles. The first-order valence-electron chi connectivity index (χ1n) is 20.2. The molecule has 0 saturated heterocycles. The van der Waals surface area contributed by atoms with Crippen molar-refractivity contribution >= 4 is 48.6 Å². The van der Waals surface area contributed by atoms with Gasteiger partial charge in [0.1, 0.15) is 0 Å². The van der Waals surface area contributed by atoms with Crippen LogP contribution in [-0.2, 0) is 10.8 Å². The molecule has 0 aliphatic heterocycles. The predicted octanol–water partition coefficient (Wildman–Crippen LogP) is 15.5. The van der Waals surface area contributed by atoms with Crippen LogP contribution < -0.4 is 4.90 Å². The third kappa shape index (κ3) is 5.73. The second kappa shape index (κ2) is 13.7. The van der Waals surface area contributed by atoms with Crippen molar-refractivity contribution in [3.63, 3.8) is 0 Å². The average molecular weight is 730 g/mol. The van der Waals surface area contributed by atoms with E-state index in [1.807, 2.05) is 11.3 Å². The lowest BCUT2D eigenvalue weighted by atomic mass is 9.67. The molecule has 1 saturated carbocycles. The third-order valence-electron chi connectivity index (χ3n) is 12.9. The Morgan fingerprint density at radius 1 is 0.455 bits per heavy atom. The lowest BCUT2D eigenvalue weighted by molar-refractivity contribution is 0.366. The molecule has 0 N–H and O–H groups in total. The van der Waals surface area contributed by atoms with Crippen LogP contribution in [0.2, 0.25) is 0 Å². The Morgan fingerprint density at radius 3 is 1.84 bits per heavy atom. The molecule has 0 amide bonds. The van der Waals surface area contributed by atoms with E-state index in [-0.39, 0.29) is 10.8 Å². The molecule has 270 valence electrons. The van der Waals surface area contributed by atoms with Gasteiger partial charge >= 0.3 is 0 Å². The minimum Gasteiger partial charge on any atom is -0.310 e. The predicted molar refractivity (Wildman–Crippen MR) is 237 cm³/mol. The summed E-state index contributed by atoms with van der Waals surface area (Å²) >= 11 is 1.90.